The molecule has 18 heavy (non-hydrogen) atoms. The van der Waals surface area contributed by atoms with Gasteiger partial charge in [-0.15, -0.1) is 0 Å². The van der Waals surface area contributed by atoms with Gasteiger partial charge in [0.25, 0.3) is 0 Å². The summed E-state index contributed by atoms with van der Waals surface area (Å²) in [6, 6.07) is 3.70. The molecule has 1 aromatic heterocycles. The van der Waals surface area contributed by atoms with Crippen LogP contribution < -0.4 is 0 Å². The van der Waals surface area contributed by atoms with Crippen molar-refractivity contribution in [2.75, 3.05) is 0 Å². The van der Waals surface area contributed by atoms with E-state index in [2.05, 4.69) is 9.97 Å². The number of aromatic nitrogens is 2. The SMILES string of the molecule is O=C(O)Cc1cnc(-c2cccc(F)c2F)nc1. The third kappa shape index (κ3) is 2.48. The van der Waals surface area contributed by atoms with Gasteiger partial charge in [0.05, 0.1) is 12.0 Å². The Balaban J connectivity index is 2.34. The maximum Gasteiger partial charge on any atom is 0.307 e. The highest BCUT2D eigenvalue weighted by Crippen LogP contribution is 2.20. The molecule has 0 unspecified atom stereocenters. The van der Waals surface area contributed by atoms with E-state index in [1.165, 1.54) is 24.5 Å². The van der Waals surface area contributed by atoms with Gasteiger partial charge in [-0.05, 0) is 17.7 Å². The lowest BCUT2D eigenvalue weighted by Gasteiger charge is -2.03. The maximum atomic E-state index is 13.4. The number of carbonyl (C=O) groups is 1. The van der Waals surface area contributed by atoms with Crippen LogP contribution in [-0.4, -0.2) is 21.0 Å². The Labute approximate surface area is 101 Å². The first kappa shape index (κ1) is 12.1. The van der Waals surface area contributed by atoms with Crippen LogP contribution in [0.25, 0.3) is 11.4 Å². The molecule has 2 rings (SSSR count). The molecule has 0 bridgehead atoms. The van der Waals surface area contributed by atoms with E-state index in [1.807, 2.05) is 0 Å². The number of halogens is 2. The first-order valence-corrected chi connectivity index (χ1v) is 5.05. The predicted molar refractivity (Wildman–Crippen MR) is 58.7 cm³/mol. The second-order valence-corrected chi connectivity index (χ2v) is 3.59. The molecule has 0 saturated heterocycles. The quantitative estimate of drug-likeness (QED) is 0.905. The van der Waals surface area contributed by atoms with Crippen LogP contribution in [0.15, 0.2) is 30.6 Å². The number of aliphatic carboxylic acids is 1. The Morgan fingerprint density at radius 1 is 1.22 bits per heavy atom. The zero-order chi connectivity index (χ0) is 13.1. The summed E-state index contributed by atoms with van der Waals surface area (Å²) in [6.07, 6.45) is 2.34. The second-order valence-electron chi connectivity index (χ2n) is 3.59. The fraction of sp³-hybridized carbons (Fsp3) is 0.0833. The smallest absolute Gasteiger partial charge is 0.307 e. The normalized spacial score (nSPS) is 10.3. The predicted octanol–water partition coefficient (Wildman–Crippen LogP) is 2.05. The van der Waals surface area contributed by atoms with Crippen LogP contribution in [0.1, 0.15) is 5.56 Å². The van der Waals surface area contributed by atoms with Crippen LogP contribution in [0.2, 0.25) is 0 Å². The molecule has 1 aromatic carbocycles. The number of benzene rings is 1. The molecule has 1 heterocycles. The van der Waals surface area contributed by atoms with Crippen molar-refractivity contribution in [3.63, 3.8) is 0 Å². The topological polar surface area (TPSA) is 63.1 Å². The zero-order valence-electron chi connectivity index (χ0n) is 9.10. The number of hydrogen-bond acceptors (Lipinski definition) is 3. The van der Waals surface area contributed by atoms with Gasteiger partial charge in [0, 0.05) is 12.4 Å². The summed E-state index contributed by atoms with van der Waals surface area (Å²) in [6.45, 7) is 0. The number of nitrogens with zero attached hydrogens (tertiary/aromatic N) is 2. The van der Waals surface area contributed by atoms with Gasteiger partial charge in [-0.25, -0.2) is 18.7 Å². The minimum atomic E-state index is -1.02. The fourth-order valence-corrected chi connectivity index (χ4v) is 1.44. The first-order chi connectivity index (χ1) is 8.58. The van der Waals surface area contributed by atoms with Gasteiger partial charge in [-0.3, -0.25) is 4.79 Å². The van der Waals surface area contributed by atoms with Crippen molar-refractivity contribution >= 4 is 5.97 Å². The fourth-order valence-electron chi connectivity index (χ4n) is 1.44. The number of hydrogen-bond donors (Lipinski definition) is 1. The molecular formula is C12H8F2N2O2. The molecule has 0 saturated carbocycles. The monoisotopic (exact) mass is 250 g/mol. The summed E-state index contributed by atoms with van der Waals surface area (Å²) in [7, 11) is 0. The highest BCUT2D eigenvalue weighted by Gasteiger charge is 2.12. The molecule has 6 heteroatoms. The third-order valence-corrected chi connectivity index (χ3v) is 2.25. The van der Waals surface area contributed by atoms with E-state index < -0.39 is 17.6 Å². The molecule has 0 amide bonds. The standard InChI is InChI=1S/C12H8F2N2O2/c13-9-3-1-2-8(11(9)14)12-15-5-7(6-16-12)4-10(17)18/h1-3,5-6H,4H2,(H,17,18). The van der Waals surface area contributed by atoms with Gasteiger partial charge in [0.2, 0.25) is 0 Å². The van der Waals surface area contributed by atoms with Crippen LogP contribution >= 0.6 is 0 Å². The van der Waals surface area contributed by atoms with E-state index in [1.54, 1.807) is 0 Å². The highest BCUT2D eigenvalue weighted by molar-refractivity contribution is 5.70. The van der Waals surface area contributed by atoms with E-state index in [0.29, 0.717) is 5.56 Å². The molecule has 92 valence electrons. The van der Waals surface area contributed by atoms with Gasteiger partial charge < -0.3 is 5.11 Å². The summed E-state index contributed by atoms with van der Waals surface area (Å²) in [5.41, 5.74) is 0.333. The molecule has 0 aliphatic heterocycles. The van der Waals surface area contributed by atoms with Crippen LogP contribution in [0, 0.1) is 11.6 Å². The van der Waals surface area contributed by atoms with Crippen LogP contribution in [-0.2, 0) is 11.2 Å². The van der Waals surface area contributed by atoms with Gasteiger partial charge in [-0.1, -0.05) is 6.07 Å². The lowest BCUT2D eigenvalue weighted by Crippen LogP contribution is -2.02. The third-order valence-electron chi connectivity index (χ3n) is 2.25. The Morgan fingerprint density at radius 2 is 1.89 bits per heavy atom. The molecule has 1 N–H and O–H groups in total. The summed E-state index contributed by atoms with van der Waals surface area (Å²) in [4.78, 5) is 18.1. The van der Waals surface area contributed by atoms with E-state index in [0.717, 1.165) is 6.07 Å². The van der Waals surface area contributed by atoms with Gasteiger partial charge >= 0.3 is 5.97 Å². The molecule has 0 spiro atoms. The van der Waals surface area contributed by atoms with Crippen molar-refractivity contribution < 1.29 is 18.7 Å². The Bertz CT molecular complexity index is 585. The number of carboxylic acid groups (broad SMARTS) is 1. The average Bonchev–Trinajstić information content (AvgIpc) is 2.33. The van der Waals surface area contributed by atoms with Crippen LogP contribution in [0.5, 0.6) is 0 Å². The van der Waals surface area contributed by atoms with Crippen LogP contribution in [0.4, 0.5) is 8.78 Å². The summed E-state index contributed by atoms with van der Waals surface area (Å²) in [5, 5.41) is 8.57. The number of carboxylic acids is 1. The van der Waals surface area contributed by atoms with Crippen molar-refractivity contribution in [3.8, 4) is 11.4 Å². The van der Waals surface area contributed by atoms with Crippen molar-refractivity contribution in [1.29, 1.82) is 0 Å². The molecule has 4 nitrogen and oxygen atoms in total. The summed E-state index contributed by atoms with van der Waals surface area (Å²) < 4.78 is 26.5. The minimum Gasteiger partial charge on any atom is -0.481 e. The second kappa shape index (κ2) is 4.87. The zero-order valence-corrected chi connectivity index (χ0v) is 9.10. The van der Waals surface area contributed by atoms with Crippen molar-refractivity contribution in [1.82, 2.24) is 9.97 Å². The van der Waals surface area contributed by atoms with Crippen molar-refractivity contribution in [2.24, 2.45) is 0 Å². The Kier molecular flexibility index (Phi) is 3.27. The minimum absolute atomic E-state index is 0.0149. The van der Waals surface area contributed by atoms with E-state index in [-0.39, 0.29) is 17.8 Å². The van der Waals surface area contributed by atoms with E-state index in [9.17, 15) is 13.6 Å². The van der Waals surface area contributed by atoms with Gasteiger partial charge in [0.15, 0.2) is 17.5 Å². The summed E-state index contributed by atoms with van der Waals surface area (Å²) in [5.74, 6) is -3.00. The maximum absolute atomic E-state index is 13.4. The Hall–Kier alpha value is -2.37. The van der Waals surface area contributed by atoms with Crippen molar-refractivity contribution in [2.45, 2.75) is 6.42 Å². The van der Waals surface area contributed by atoms with Gasteiger partial charge in [-0.2, -0.15) is 0 Å². The summed E-state index contributed by atoms with van der Waals surface area (Å²) >= 11 is 0. The van der Waals surface area contributed by atoms with Crippen LogP contribution in [0.3, 0.4) is 0 Å². The molecule has 0 aliphatic rings. The molecule has 0 atom stereocenters. The first-order valence-electron chi connectivity index (χ1n) is 5.05. The van der Waals surface area contributed by atoms with E-state index >= 15 is 0 Å². The number of rotatable bonds is 3. The molecular weight excluding hydrogens is 242 g/mol. The average molecular weight is 250 g/mol. The molecule has 0 radical (unpaired) electrons. The molecule has 0 aliphatic carbocycles. The lowest BCUT2D eigenvalue weighted by molar-refractivity contribution is -0.136. The largest absolute Gasteiger partial charge is 0.481 e. The Morgan fingerprint density at radius 3 is 2.50 bits per heavy atom. The lowest BCUT2D eigenvalue weighted by atomic mass is 10.2. The van der Waals surface area contributed by atoms with E-state index in [4.69, 9.17) is 5.11 Å². The van der Waals surface area contributed by atoms with Gasteiger partial charge in [0.1, 0.15) is 0 Å². The van der Waals surface area contributed by atoms with Crippen molar-refractivity contribution in [3.05, 3.63) is 47.8 Å². The molecule has 0 fully saturated rings. The molecule has 2 aromatic rings. The highest BCUT2D eigenvalue weighted by atomic mass is 19.2.